The Balaban J connectivity index is 1.89. The van der Waals surface area contributed by atoms with Crippen molar-refractivity contribution in [3.05, 3.63) is 32.9 Å². The number of fused-ring (bicyclic) bond motifs is 1. The average molecular weight is 332 g/mol. The third kappa shape index (κ3) is 2.29. The van der Waals surface area contributed by atoms with E-state index in [4.69, 9.17) is 9.52 Å². The highest BCUT2D eigenvalue weighted by atomic mass is 32.2. The number of nitrogens with zero attached hydrogens (tertiary/aromatic N) is 3. The van der Waals surface area contributed by atoms with Crippen LogP contribution in [0.5, 0.6) is 0 Å². The smallest absolute Gasteiger partial charge is 0.271 e. The van der Waals surface area contributed by atoms with E-state index in [9.17, 15) is 4.79 Å². The molecule has 3 heterocycles. The van der Waals surface area contributed by atoms with Crippen molar-refractivity contribution in [2.75, 3.05) is 0 Å². The summed E-state index contributed by atoms with van der Waals surface area (Å²) < 4.78 is 7.32. The predicted molar refractivity (Wildman–Crippen MR) is 90.7 cm³/mol. The van der Waals surface area contributed by atoms with Crippen LogP contribution >= 0.6 is 11.8 Å². The lowest BCUT2D eigenvalue weighted by Gasteiger charge is -2.21. The molecule has 1 fully saturated rings. The number of hydrogen-bond acceptors (Lipinski definition) is 5. The molecule has 2 aromatic heterocycles. The Morgan fingerprint density at radius 3 is 2.61 bits per heavy atom. The second kappa shape index (κ2) is 5.40. The summed E-state index contributed by atoms with van der Waals surface area (Å²) in [5.41, 5.74) is 2.54. The van der Waals surface area contributed by atoms with Gasteiger partial charge in [-0.15, -0.1) is 0 Å². The molecule has 0 aromatic carbocycles. The Hall–Kier alpha value is -1.76. The standard InChI is InChI=1S/C16H20N4O2S/c1-8-12(9(2)22-19-8)14-13-15(17-10(3)23-14)20(18-16(13)21)11-6-4-5-7-11/h11,14H,4-7H2,1-3H3,(H,18,21)/t14-/m1/s1. The van der Waals surface area contributed by atoms with Crippen LogP contribution in [0, 0.1) is 13.8 Å². The predicted octanol–water partition coefficient (Wildman–Crippen LogP) is 3.78. The molecular formula is C16H20N4O2S. The summed E-state index contributed by atoms with van der Waals surface area (Å²) in [7, 11) is 0. The molecule has 1 saturated carbocycles. The van der Waals surface area contributed by atoms with Gasteiger partial charge in [0.15, 0.2) is 5.82 Å². The highest BCUT2D eigenvalue weighted by molar-refractivity contribution is 8.14. The molecule has 122 valence electrons. The van der Waals surface area contributed by atoms with Crippen LogP contribution in [0.1, 0.15) is 66.5 Å². The number of aryl methyl sites for hydroxylation is 2. The lowest BCUT2D eigenvalue weighted by molar-refractivity contribution is 0.392. The fourth-order valence-electron chi connectivity index (χ4n) is 3.70. The number of H-pyrrole nitrogens is 1. The van der Waals surface area contributed by atoms with Gasteiger partial charge in [-0.05, 0) is 33.6 Å². The number of rotatable bonds is 2. The average Bonchev–Trinajstić information content (AvgIpc) is 3.20. The topological polar surface area (TPSA) is 76.2 Å². The monoisotopic (exact) mass is 332 g/mol. The molecule has 7 heteroatoms. The summed E-state index contributed by atoms with van der Waals surface area (Å²) in [5, 5.41) is 7.96. The highest BCUT2D eigenvalue weighted by Gasteiger charge is 2.35. The Morgan fingerprint density at radius 1 is 1.22 bits per heavy atom. The van der Waals surface area contributed by atoms with Gasteiger partial charge in [0.2, 0.25) is 0 Å². The zero-order valence-corrected chi connectivity index (χ0v) is 14.4. The first-order valence-corrected chi connectivity index (χ1v) is 8.93. The first kappa shape index (κ1) is 14.8. The molecule has 6 nitrogen and oxygen atoms in total. The maximum absolute atomic E-state index is 12.7. The van der Waals surface area contributed by atoms with Gasteiger partial charge in [-0.1, -0.05) is 29.8 Å². The Bertz CT molecular complexity index is 819. The van der Waals surface area contributed by atoms with E-state index in [0.717, 1.165) is 46.3 Å². The van der Waals surface area contributed by atoms with Gasteiger partial charge < -0.3 is 4.52 Å². The zero-order chi connectivity index (χ0) is 16.1. The molecule has 1 atom stereocenters. The summed E-state index contributed by atoms with van der Waals surface area (Å²) in [5.74, 6) is 1.57. The Morgan fingerprint density at radius 2 is 1.96 bits per heavy atom. The van der Waals surface area contributed by atoms with E-state index in [1.54, 1.807) is 11.8 Å². The second-order valence-corrected chi connectivity index (χ2v) is 7.65. The minimum Gasteiger partial charge on any atom is -0.361 e. The van der Waals surface area contributed by atoms with Gasteiger partial charge in [0.05, 0.1) is 27.6 Å². The van der Waals surface area contributed by atoms with Gasteiger partial charge in [-0.3, -0.25) is 14.6 Å². The van der Waals surface area contributed by atoms with Crippen LogP contribution < -0.4 is 5.56 Å². The van der Waals surface area contributed by atoms with Crippen molar-refractivity contribution in [3.63, 3.8) is 0 Å². The first-order chi connectivity index (χ1) is 11.1. The SMILES string of the molecule is CC1=Nc2c(c(=O)[nH]n2C2CCCC2)[C@@H](c2c(C)noc2C)S1. The molecule has 4 rings (SSSR count). The summed E-state index contributed by atoms with van der Waals surface area (Å²) >= 11 is 1.60. The molecule has 0 spiro atoms. The maximum atomic E-state index is 12.7. The lowest BCUT2D eigenvalue weighted by Crippen LogP contribution is -2.14. The molecule has 2 aromatic rings. The third-order valence-electron chi connectivity index (χ3n) is 4.79. The minimum atomic E-state index is -0.0971. The quantitative estimate of drug-likeness (QED) is 0.908. The Labute approximate surface area is 138 Å². The van der Waals surface area contributed by atoms with Crippen molar-refractivity contribution in [1.82, 2.24) is 14.9 Å². The molecule has 1 N–H and O–H groups in total. The number of aromatic amines is 1. The lowest BCUT2D eigenvalue weighted by atomic mass is 10.0. The molecule has 1 aliphatic heterocycles. The molecule has 23 heavy (non-hydrogen) atoms. The normalized spacial score (nSPS) is 21.5. The van der Waals surface area contributed by atoms with Crippen molar-refractivity contribution in [2.45, 2.75) is 57.7 Å². The fourth-order valence-corrected chi connectivity index (χ4v) is 4.97. The molecule has 0 amide bonds. The van der Waals surface area contributed by atoms with Crippen molar-refractivity contribution < 1.29 is 4.52 Å². The van der Waals surface area contributed by atoms with Gasteiger partial charge in [-0.2, -0.15) is 0 Å². The fraction of sp³-hybridized carbons (Fsp3) is 0.562. The van der Waals surface area contributed by atoms with E-state index < -0.39 is 0 Å². The summed E-state index contributed by atoms with van der Waals surface area (Å²) in [6.45, 7) is 5.82. The first-order valence-electron chi connectivity index (χ1n) is 8.05. The van der Waals surface area contributed by atoms with Gasteiger partial charge in [-0.25, -0.2) is 4.99 Å². The van der Waals surface area contributed by atoms with Gasteiger partial charge in [0.25, 0.3) is 5.56 Å². The van der Waals surface area contributed by atoms with E-state index in [0.29, 0.717) is 6.04 Å². The Kier molecular flexibility index (Phi) is 3.48. The number of thioether (sulfide) groups is 1. The van der Waals surface area contributed by atoms with Crippen LogP contribution in [0.4, 0.5) is 5.82 Å². The second-order valence-electron chi connectivity index (χ2n) is 6.35. The van der Waals surface area contributed by atoms with Crippen LogP contribution in [0.15, 0.2) is 14.3 Å². The summed E-state index contributed by atoms with van der Waals surface area (Å²) in [4.78, 5) is 17.4. The van der Waals surface area contributed by atoms with Crippen LogP contribution in [0.25, 0.3) is 0 Å². The molecule has 2 aliphatic rings. The van der Waals surface area contributed by atoms with Crippen LogP contribution in [-0.4, -0.2) is 20.0 Å². The number of hydrogen-bond donors (Lipinski definition) is 1. The maximum Gasteiger partial charge on any atom is 0.271 e. The van der Waals surface area contributed by atoms with Gasteiger partial charge >= 0.3 is 0 Å². The molecule has 0 radical (unpaired) electrons. The van der Waals surface area contributed by atoms with Gasteiger partial charge in [0, 0.05) is 5.56 Å². The number of aliphatic imine (C=N–C) groups is 1. The minimum absolute atomic E-state index is 0.0411. The molecule has 0 bridgehead atoms. The summed E-state index contributed by atoms with van der Waals surface area (Å²) in [6.07, 6.45) is 4.64. The molecule has 0 unspecified atom stereocenters. The zero-order valence-electron chi connectivity index (χ0n) is 13.5. The third-order valence-corrected chi connectivity index (χ3v) is 5.93. The largest absolute Gasteiger partial charge is 0.361 e. The van der Waals surface area contributed by atoms with Crippen molar-refractivity contribution in [3.8, 4) is 0 Å². The van der Waals surface area contributed by atoms with Gasteiger partial charge in [0.1, 0.15) is 5.76 Å². The molecule has 1 aliphatic carbocycles. The van der Waals surface area contributed by atoms with Crippen molar-refractivity contribution in [1.29, 1.82) is 0 Å². The molecule has 0 saturated heterocycles. The van der Waals surface area contributed by atoms with E-state index in [1.165, 1.54) is 12.8 Å². The van der Waals surface area contributed by atoms with E-state index in [1.807, 2.05) is 25.5 Å². The highest BCUT2D eigenvalue weighted by Crippen LogP contribution is 2.46. The van der Waals surface area contributed by atoms with E-state index in [-0.39, 0.29) is 10.8 Å². The molecular weight excluding hydrogens is 312 g/mol. The van der Waals surface area contributed by atoms with Crippen LogP contribution in [-0.2, 0) is 0 Å². The van der Waals surface area contributed by atoms with E-state index >= 15 is 0 Å². The number of nitrogens with one attached hydrogen (secondary N) is 1. The van der Waals surface area contributed by atoms with Crippen molar-refractivity contribution in [2.24, 2.45) is 4.99 Å². The van der Waals surface area contributed by atoms with Crippen LogP contribution in [0.2, 0.25) is 0 Å². The number of aromatic nitrogens is 3. The van der Waals surface area contributed by atoms with E-state index in [2.05, 4.69) is 10.3 Å². The summed E-state index contributed by atoms with van der Waals surface area (Å²) in [6, 6.07) is 0.358. The van der Waals surface area contributed by atoms with Crippen molar-refractivity contribution >= 4 is 22.6 Å². The van der Waals surface area contributed by atoms with Crippen LogP contribution in [0.3, 0.4) is 0 Å².